The third-order valence-electron chi connectivity index (χ3n) is 5.09. The van der Waals surface area contributed by atoms with Gasteiger partial charge in [0.1, 0.15) is 18.0 Å². The van der Waals surface area contributed by atoms with Gasteiger partial charge in [-0.15, -0.1) is 11.3 Å². The topological polar surface area (TPSA) is 87.9 Å². The molecule has 2 aromatic heterocycles. The van der Waals surface area contributed by atoms with Crippen LogP contribution in [0.4, 0.5) is 5.69 Å². The van der Waals surface area contributed by atoms with Crippen molar-refractivity contribution in [2.75, 3.05) is 4.90 Å². The number of aliphatic imine (C=N–C) groups is 1. The van der Waals surface area contributed by atoms with Crippen molar-refractivity contribution in [3.8, 4) is 11.3 Å². The van der Waals surface area contributed by atoms with Gasteiger partial charge in [0.05, 0.1) is 15.9 Å². The van der Waals surface area contributed by atoms with Gasteiger partial charge in [-0.3, -0.25) is 9.69 Å². The molecule has 2 heterocycles. The number of benzene rings is 1. The lowest BCUT2D eigenvalue weighted by atomic mass is 10.0. The fraction of sp³-hybridized carbons (Fsp3) is 0.308. The van der Waals surface area contributed by atoms with Crippen LogP contribution in [0.2, 0.25) is 0 Å². The zero-order valence-corrected chi connectivity index (χ0v) is 23.1. The molecule has 7 nitrogen and oxygen atoms in total. The first-order chi connectivity index (χ1) is 16.5. The van der Waals surface area contributed by atoms with Crippen LogP contribution in [0.5, 0.6) is 0 Å². The number of amides is 1. The van der Waals surface area contributed by atoms with Gasteiger partial charge < -0.3 is 9.84 Å². The molecule has 3 aromatic rings. The summed E-state index contributed by atoms with van der Waals surface area (Å²) in [6.07, 6.45) is 2.41. The van der Waals surface area contributed by atoms with Crippen molar-refractivity contribution in [3.63, 3.8) is 0 Å². The molecule has 3 rings (SSSR count). The van der Waals surface area contributed by atoms with Gasteiger partial charge in [0.15, 0.2) is 5.82 Å². The van der Waals surface area contributed by atoms with E-state index in [0.29, 0.717) is 35.5 Å². The van der Waals surface area contributed by atoms with Gasteiger partial charge in [-0.1, -0.05) is 28.1 Å². The number of allylic oxidation sites excluding steroid dienone is 1. The van der Waals surface area contributed by atoms with Gasteiger partial charge in [0.2, 0.25) is 12.3 Å². The highest BCUT2D eigenvalue weighted by Gasteiger charge is 2.21. The summed E-state index contributed by atoms with van der Waals surface area (Å²) in [6.45, 7) is 11.2. The maximum Gasteiger partial charge on any atom is 0.225 e. The van der Waals surface area contributed by atoms with Crippen LogP contribution < -0.4 is 4.90 Å². The number of hydrogen-bond donors (Lipinski definition) is 1. The smallest absolute Gasteiger partial charge is 0.225 e. The number of nitrogens with zero attached hydrogens (tertiary/aromatic N) is 4. The van der Waals surface area contributed by atoms with Crippen molar-refractivity contribution in [2.45, 2.75) is 53.8 Å². The molecule has 0 spiro atoms. The first-order valence-corrected chi connectivity index (χ1v) is 12.7. The zero-order chi connectivity index (χ0) is 25.8. The van der Waals surface area contributed by atoms with Crippen LogP contribution in [0.25, 0.3) is 11.3 Å². The fourth-order valence-corrected chi connectivity index (χ4v) is 4.19. The summed E-state index contributed by atoms with van der Waals surface area (Å²) in [7, 11) is 0. The number of anilines is 1. The minimum atomic E-state index is -1.17. The Morgan fingerprint density at radius 1 is 1.29 bits per heavy atom. The number of halogens is 1. The number of hydrogen-bond acceptors (Lipinski definition) is 7. The number of thiophene rings is 1. The van der Waals surface area contributed by atoms with E-state index in [-0.39, 0.29) is 0 Å². The third kappa shape index (κ3) is 6.84. The van der Waals surface area contributed by atoms with Crippen LogP contribution in [0.1, 0.15) is 49.5 Å². The maximum atomic E-state index is 12.1. The highest BCUT2D eigenvalue weighted by molar-refractivity contribution is 9.11. The second-order valence-corrected chi connectivity index (χ2v) is 11.0. The monoisotopic (exact) mass is 556 g/mol. The van der Waals surface area contributed by atoms with E-state index in [4.69, 9.17) is 4.74 Å². The molecule has 0 aliphatic heterocycles. The molecular formula is C26H29BrN4O3S. The summed E-state index contributed by atoms with van der Waals surface area (Å²) < 4.78 is 6.65. The minimum Gasteiger partial charge on any atom is -0.472 e. The molecule has 0 atom stereocenters. The lowest BCUT2D eigenvalue weighted by Gasteiger charge is -2.20. The SMILES string of the molecule is C/C(=N/C(OCc1csc(C)c1)=C(\C)Br)N(C=O)c1cccc(-c2nc(C(C)(C)O)ncc2C)c1. The van der Waals surface area contributed by atoms with Crippen LogP contribution in [0, 0.1) is 13.8 Å². The van der Waals surface area contributed by atoms with Crippen LogP contribution in [0.15, 0.2) is 57.3 Å². The van der Waals surface area contributed by atoms with Crippen LogP contribution in [-0.2, 0) is 21.7 Å². The van der Waals surface area contributed by atoms with Crippen LogP contribution in [0.3, 0.4) is 0 Å². The summed E-state index contributed by atoms with van der Waals surface area (Å²) in [5.41, 5.74) is 2.86. The molecule has 0 saturated carbocycles. The van der Waals surface area contributed by atoms with Crippen LogP contribution >= 0.6 is 27.3 Å². The Morgan fingerprint density at radius 3 is 2.63 bits per heavy atom. The minimum absolute atomic E-state index is 0.328. The number of aliphatic hydroxyl groups is 1. The van der Waals surface area contributed by atoms with Gasteiger partial charge in [-0.2, -0.15) is 4.99 Å². The Bertz CT molecular complexity index is 1270. The number of aryl methyl sites for hydroxylation is 2. The lowest BCUT2D eigenvalue weighted by molar-refractivity contribution is -0.106. The molecule has 0 radical (unpaired) electrons. The first kappa shape index (κ1) is 26.7. The standard InChI is InChI=1S/C26H29BrN4O3S/c1-16-12-28-25(26(5,6)33)30-23(16)21-8-7-9-22(11-21)31(15-32)19(4)29-24(18(3)27)34-13-20-10-17(2)35-14-20/h7-12,14-15,33H,13H2,1-6H3/b24-18-,29-19-. The predicted octanol–water partition coefficient (Wildman–Crippen LogP) is 6.23. The van der Waals surface area contributed by atoms with Crippen molar-refractivity contribution in [1.29, 1.82) is 0 Å². The molecular weight excluding hydrogens is 528 g/mol. The van der Waals surface area contributed by atoms with Gasteiger partial charge in [-0.05, 0) is 70.7 Å². The highest BCUT2D eigenvalue weighted by Crippen LogP contribution is 2.28. The quantitative estimate of drug-likeness (QED) is 0.154. The van der Waals surface area contributed by atoms with Crippen molar-refractivity contribution >= 4 is 45.2 Å². The predicted molar refractivity (Wildman–Crippen MR) is 145 cm³/mol. The van der Waals surface area contributed by atoms with E-state index < -0.39 is 5.60 Å². The lowest BCUT2D eigenvalue weighted by Crippen LogP contribution is -2.27. The zero-order valence-electron chi connectivity index (χ0n) is 20.7. The fourth-order valence-electron chi connectivity index (χ4n) is 3.29. The summed E-state index contributed by atoms with van der Waals surface area (Å²) in [5, 5.41) is 12.4. The van der Waals surface area contributed by atoms with E-state index in [1.807, 2.05) is 45.0 Å². The van der Waals surface area contributed by atoms with E-state index in [2.05, 4.69) is 42.3 Å². The summed E-state index contributed by atoms with van der Waals surface area (Å²) in [6, 6.07) is 9.51. The van der Waals surface area contributed by atoms with Crippen molar-refractivity contribution in [2.24, 2.45) is 4.99 Å². The third-order valence-corrected chi connectivity index (χ3v) is 6.34. The molecule has 9 heteroatoms. The van der Waals surface area contributed by atoms with Gasteiger partial charge in [-0.25, -0.2) is 9.97 Å². The number of aromatic nitrogens is 2. The maximum absolute atomic E-state index is 12.1. The summed E-state index contributed by atoms with van der Waals surface area (Å²) in [4.78, 5) is 28.2. The molecule has 1 N–H and O–H groups in total. The number of amidine groups is 1. The molecule has 35 heavy (non-hydrogen) atoms. The number of rotatable bonds is 8. The average Bonchev–Trinajstić information content (AvgIpc) is 3.21. The Kier molecular flexibility index (Phi) is 8.58. The number of ether oxygens (including phenoxy) is 1. The first-order valence-electron chi connectivity index (χ1n) is 11.0. The van der Waals surface area contributed by atoms with Crippen molar-refractivity contribution < 1.29 is 14.6 Å². The number of carbonyl (C=O) groups is 1. The van der Waals surface area contributed by atoms with Gasteiger partial charge >= 0.3 is 0 Å². The Hall–Kier alpha value is -2.88. The average molecular weight is 558 g/mol. The van der Waals surface area contributed by atoms with E-state index in [9.17, 15) is 9.90 Å². The molecule has 0 bridgehead atoms. The Balaban J connectivity index is 1.91. The second-order valence-electron chi connectivity index (χ2n) is 8.66. The van der Waals surface area contributed by atoms with Crippen molar-refractivity contribution in [3.05, 3.63) is 74.1 Å². The Labute approximate surface area is 218 Å². The molecule has 0 unspecified atom stereocenters. The van der Waals surface area contributed by atoms with Gasteiger partial charge in [0.25, 0.3) is 0 Å². The van der Waals surface area contributed by atoms with E-state index in [1.165, 1.54) is 9.78 Å². The van der Waals surface area contributed by atoms with E-state index in [0.717, 1.165) is 27.6 Å². The molecule has 0 aliphatic carbocycles. The van der Waals surface area contributed by atoms with Crippen molar-refractivity contribution in [1.82, 2.24) is 9.97 Å². The molecule has 0 aliphatic rings. The molecule has 0 saturated heterocycles. The molecule has 0 fully saturated rings. The second kappa shape index (κ2) is 11.2. The Morgan fingerprint density at radius 2 is 2.03 bits per heavy atom. The largest absolute Gasteiger partial charge is 0.472 e. The van der Waals surface area contributed by atoms with E-state index >= 15 is 0 Å². The normalized spacial score (nSPS) is 12.9. The van der Waals surface area contributed by atoms with Gasteiger partial charge in [0, 0.05) is 22.2 Å². The molecule has 1 amide bonds. The molecule has 1 aromatic carbocycles. The van der Waals surface area contributed by atoms with E-state index in [1.54, 1.807) is 38.3 Å². The summed E-state index contributed by atoms with van der Waals surface area (Å²) in [5.74, 6) is 1.17. The molecule has 184 valence electrons. The van der Waals surface area contributed by atoms with Crippen LogP contribution in [-0.4, -0.2) is 27.3 Å². The summed E-state index contributed by atoms with van der Waals surface area (Å²) >= 11 is 5.12. The highest BCUT2D eigenvalue weighted by atomic mass is 79.9. The number of carbonyl (C=O) groups excluding carboxylic acids is 1.